The van der Waals surface area contributed by atoms with E-state index in [0.717, 1.165) is 0 Å². The van der Waals surface area contributed by atoms with Crippen molar-refractivity contribution >= 4 is 56.8 Å². The first-order chi connectivity index (χ1) is 16.4. The number of amides is 2. The summed E-state index contributed by atoms with van der Waals surface area (Å²) in [4.78, 5) is 27.3. The van der Waals surface area contributed by atoms with E-state index in [9.17, 15) is 9.59 Å². The normalized spacial score (nSPS) is 14.7. The van der Waals surface area contributed by atoms with Crippen molar-refractivity contribution in [3.8, 4) is 23.0 Å². The fourth-order valence-electron chi connectivity index (χ4n) is 3.40. The third-order valence-corrected chi connectivity index (χ3v) is 5.69. The molecule has 0 aliphatic carbocycles. The molecule has 4 rings (SSSR count). The highest BCUT2D eigenvalue weighted by Gasteiger charge is 2.35. The van der Waals surface area contributed by atoms with E-state index in [-0.39, 0.29) is 10.7 Å². The Labute approximate surface area is 210 Å². The lowest BCUT2D eigenvalue weighted by atomic mass is 10.1. The number of benzene rings is 3. The van der Waals surface area contributed by atoms with Crippen LogP contribution in [0.15, 0.2) is 76.8 Å². The molecule has 0 aromatic heterocycles. The lowest BCUT2D eigenvalue weighted by Gasteiger charge is -2.29. The number of thiocarbonyl (C=S) groups is 1. The van der Waals surface area contributed by atoms with E-state index in [0.29, 0.717) is 38.7 Å². The van der Waals surface area contributed by atoms with Gasteiger partial charge in [0.2, 0.25) is 0 Å². The number of methoxy groups -OCH3 is 2. The lowest BCUT2D eigenvalue weighted by molar-refractivity contribution is -0.122. The van der Waals surface area contributed by atoms with E-state index >= 15 is 0 Å². The van der Waals surface area contributed by atoms with E-state index < -0.39 is 11.8 Å². The SMILES string of the molecule is COc1cc(Br)cc(C=C2C(=O)NC(=S)N(c3ccc(Oc4ccccc4)cc3)C2=O)c1OC. The average molecular weight is 539 g/mol. The Hall–Kier alpha value is -3.69. The number of para-hydroxylation sites is 1. The van der Waals surface area contributed by atoms with Crippen molar-refractivity contribution in [3.05, 3.63) is 82.3 Å². The number of ether oxygens (including phenoxy) is 3. The van der Waals surface area contributed by atoms with Crippen LogP contribution in [0.1, 0.15) is 5.56 Å². The van der Waals surface area contributed by atoms with Crippen molar-refractivity contribution in [3.63, 3.8) is 0 Å². The second-order valence-electron chi connectivity index (χ2n) is 7.10. The molecule has 0 spiro atoms. The summed E-state index contributed by atoms with van der Waals surface area (Å²) in [5, 5.41) is 2.57. The summed E-state index contributed by atoms with van der Waals surface area (Å²) in [6.07, 6.45) is 1.45. The van der Waals surface area contributed by atoms with Gasteiger partial charge in [-0.1, -0.05) is 34.1 Å². The van der Waals surface area contributed by atoms with Gasteiger partial charge in [-0.05, 0) is 66.8 Å². The lowest BCUT2D eigenvalue weighted by Crippen LogP contribution is -2.54. The summed E-state index contributed by atoms with van der Waals surface area (Å²) in [6.45, 7) is 0. The molecule has 9 heteroatoms. The molecule has 0 radical (unpaired) electrons. The van der Waals surface area contributed by atoms with Crippen molar-refractivity contribution < 1.29 is 23.8 Å². The molecule has 34 heavy (non-hydrogen) atoms. The number of carbonyl (C=O) groups excluding carboxylic acids is 2. The number of rotatable bonds is 6. The molecular formula is C25H19BrN2O5S. The van der Waals surface area contributed by atoms with Gasteiger partial charge < -0.3 is 14.2 Å². The summed E-state index contributed by atoms with van der Waals surface area (Å²) in [7, 11) is 2.99. The highest BCUT2D eigenvalue weighted by atomic mass is 79.9. The monoisotopic (exact) mass is 538 g/mol. The maximum absolute atomic E-state index is 13.4. The molecule has 1 heterocycles. The van der Waals surface area contributed by atoms with Gasteiger partial charge in [-0.2, -0.15) is 0 Å². The Morgan fingerprint density at radius 1 is 0.941 bits per heavy atom. The molecule has 3 aromatic carbocycles. The molecule has 2 amide bonds. The summed E-state index contributed by atoms with van der Waals surface area (Å²) >= 11 is 8.70. The summed E-state index contributed by atoms with van der Waals surface area (Å²) in [5.41, 5.74) is 0.878. The van der Waals surface area contributed by atoms with Gasteiger partial charge in [0.1, 0.15) is 17.1 Å². The first-order valence-corrected chi connectivity index (χ1v) is 11.3. The van der Waals surface area contributed by atoms with Crippen LogP contribution in [0.4, 0.5) is 5.69 Å². The minimum Gasteiger partial charge on any atom is -0.493 e. The minimum atomic E-state index is -0.601. The molecule has 1 saturated heterocycles. The Balaban J connectivity index is 1.66. The van der Waals surface area contributed by atoms with E-state index in [1.54, 1.807) is 36.4 Å². The van der Waals surface area contributed by atoms with Gasteiger partial charge in [0.05, 0.1) is 19.9 Å². The van der Waals surface area contributed by atoms with Crippen molar-refractivity contribution in [2.45, 2.75) is 0 Å². The van der Waals surface area contributed by atoms with Gasteiger partial charge in [-0.3, -0.25) is 19.8 Å². The number of anilines is 1. The smallest absolute Gasteiger partial charge is 0.270 e. The van der Waals surface area contributed by atoms with Crippen LogP contribution in [0.2, 0.25) is 0 Å². The molecule has 0 bridgehead atoms. The zero-order valence-corrected chi connectivity index (χ0v) is 20.6. The van der Waals surface area contributed by atoms with Gasteiger partial charge in [0.25, 0.3) is 11.8 Å². The highest BCUT2D eigenvalue weighted by Crippen LogP contribution is 2.36. The Morgan fingerprint density at radius 2 is 1.62 bits per heavy atom. The van der Waals surface area contributed by atoms with E-state index in [4.69, 9.17) is 26.4 Å². The van der Waals surface area contributed by atoms with Crippen LogP contribution in [0.25, 0.3) is 6.08 Å². The number of hydrogen-bond acceptors (Lipinski definition) is 6. The van der Waals surface area contributed by atoms with Gasteiger partial charge >= 0.3 is 0 Å². The molecule has 0 saturated carbocycles. The molecule has 7 nitrogen and oxygen atoms in total. The van der Waals surface area contributed by atoms with Crippen molar-refractivity contribution in [2.24, 2.45) is 0 Å². The second-order valence-corrected chi connectivity index (χ2v) is 8.40. The molecule has 1 N–H and O–H groups in total. The minimum absolute atomic E-state index is 0.0114. The van der Waals surface area contributed by atoms with Crippen LogP contribution in [-0.2, 0) is 9.59 Å². The van der Waals surface area contributed by atoms with Gasteiger partial charge in [0.15, 0.2) is 16.6 Å². The largest absolute Gasteiger partial charge is 0.493 e. The maximum atomic E-state index is 13.4. The van der Waals surface area contributed by atoms with Crippen molar-refractivity contribution in [2.75, 3.05) is 19.1 Å². The number of nitrogens with zero attached hydrogens (tertiary/aromatic N) is 1. The fourth-order valence-corrected chi connectivity index (χ4v) is 4.14. The predicted octanol–water partition coefficient (Wildman–Crippen LogP) is 5.09. The molecular weight excluding hydrogens is 520 g/mol. The first-order valence-electron chi connectivity index (χ1n) is 10.1. The molecule has 1 aliphatic rings. The zero-order valence-electron chi connectivity index (χ0n) is 18.2. The summed E-state index contributed by atoms with van der Waals surface area (Å²) < 4.78 is 17.3. The van der Waals surface area contributed by atoms with E-state index in [1.807, 2.05) is 30.3 Å². The summed E-state index contributed by atoms with van der Waals surface area (Å²) in [5.74, 6) is 0.962. The van der Waals surface area contributed by atoms with Gasteiger partial charge in [0, 0.05) is 10.0 Å². The number of halogens is 1. The molecule has 0 unspecified atom stereocenters. The molecule has 3 aromatic rings. The predicted molar refractivity (Wildman–Crippen MR) is 136 cm³/mol. The van der Waals surface area contributed by atoms with Crippen LogP contribution >= 0.6 is 28.1 Å². The molecule has 1 aliphatic heterocycles. The second kappa shape index (κ2) is 10.1. The van der Waals surface area contributed by atoms with Crippen LogP contribution in [-0.4, -0.2) is 31.1 Å². The van der Waals surface area contributed by atoms with Crippen molar-refractivity contribution in [1.82, 2.24) is 5.32 Å². The Kier molecular flexibility index (Phi) is 6.95. The first kappa shape index (κ1) is 23.5. The average Bonchev–Trinajstić information content (AvgIpc) is 2.83. The Bertz CT molecular complexity index is 1290. The van der Waals surface area contributed by atoms with Crippen LogP contribution in [0, 0.1) is 0 Å². The van der Waals surface area contributed by atoms with Crippen LogP contribution in [0.3, 0.4) is 0 Å². The number of nitrogens with one attached hydrogen (secondary N) is 1. The highest BCUT2D eigenvalue weighted by molar-refractivity contribution is 9.10. The van der Waals surface area contributed by atoms with Crippen LogP contribution in [0.5, 0.6) is 23.0 Å². The van der Waals surface area contributed by atoms with E-state index in [2.05, 4.69) is 21.2 Å². The quantitative estimate of drug-likeness (QED) is 0.267. The fraction of sp³-hybridized carbons (Fsp3) is 0.0800. The molecule has 1 fully saturated rings. The molecule has 0 atom stereocenters. The standard InChI is InChI=1S/C25H19BrN2O5S/c1-31-21-14-16(26)12-15(22(21)32-2)13-20-23(29)27-25(34)28(24(20)30)17-8-10-19(11-9-17)33-18-6-4-3-5-7-18/h3-14H,1-2H3,(H,27,29,34). The summed E-state index contributed by atoms with van der Waals surface area (Å²) in [6, 6.07) is 19.6. The topological polar surface area (TPSA) is 77.1 Å². The van der Waals surface area contributed by atoms with Gasteiger partial charge in [-0.15, -0.1) is 0 Å². The van der Waals surface area contributed by atoms with Gasteiger partial charge in [-0.25, -0.2) is 0 Å². The number of carbonyl (C=O) groups is 2. The molecule has 172 valence electrons. The third-order valence-electron chi connectivity index (χ3n) is 4.95. The number of hydrogen-bond donors (Lipinski definition) is 1. The zero-order chi connectivity index (χ0) is 24.2. The maximum Gasteiger partial charge on any atom is 0.270 e. The Morgan fingerprint density at radius 3 is 2.26 bits per heavy atom. The van der Waals surface area contributed by atoms with E-state index in [1.165, 1.54) is 25.2 Å². The third kappa shape index (κ3) is 4.80. The van der Waals surface area contributed by atoms with Crippen LogP contribution < -0.4 is 24.4 Å². The van der Waals surface area contributed by atoms with Crippen molar-refractivity contribution in [1.29, 1.82) is 0 Å².